The average molecular weight is 269 g/mol. The van der Waals surface area contributed by atoms with Crippen LogP contribution in [-0.2, 0) is 6.61 Å². The van der Waals surface area contributed by atoms with Crippen LogP contribution in [0.2, 0.25) is 0 Å². The summed E-state index contributed by atoms with van der Waals surface area (Å²) in [6, 6.07) is 11.7. The molecule has 4 nitrogen and oxygen atoms in total. The van der Waals surface area contributed by atoms with Crippen LogP contribution < -0.4 is 10.5 Å². The van der Waals surface area contributed by atoms with Crippen molar-refractivity contribution >= 4 is 5.84 Å². The van der Waals surface area contributed by atoms with Crippen molar-refractivity contribution in [2.75, 3.05) is 0 Å². The second-order valence-corrected chi connectivity index (χ2v) is 4.94. The number of hydrogen-bond acceptors (Lipinski definition) is 3. The number of amidine groups is 1. The minimum Gasteiger partial charge on any atom is -0.489 e. The number of pyridine rings is 1. The Labute approximate surface area is 119 Å². The van der Waals surface area contributed by atoms with Crippen LogP contribution in [0, 0.1) is 5.41 Å². The zero-order valence-electron chi connectivity index (χ0n) is 11.8. The lowest BCUT2D eigenvalue weighted by Gasteiger charge is -2.14. The largest absolute Gasteiger partial charge is 0.489 e. The van der Waals surface area contributed by atoms with Gasteiger partial charge in [-0.15, -0.1) is 0 Å². The Balaban J connectivity index is 2.13. The summed E-state index contributed by atoms with van der Waals surface area (Å²) in [6.45, 7) is 4.72. The number of nitrogens with one attached hydrogen (secondary N) is 1. The van der Waals surface area contributed by atoms with Gasteiger partial charge in [0.05, 0.1) is 0 Å². The fourth-order valence-corrected chi connectivity index (χ4v) is 1.96. The molecule has 0 aliphatic rings. The van der Waals surface area contributed by atoms with Gasteiger partial charge in [0.25, 0.3) is 0 Å². The number of ether oxygens (including phenoxy) is 1. The molecule has 0 saturated heterocycles. The Kier molecular flexibility index (Phi) is 4.35. The molecule has 1 heterocycles. The van der Waals surface area contributed by atoms with E-state index >= 15 is 0 Å². The summed E-state index contributed by atoms with van der Waals surface area (Å²) in [5.74, 6) is 1.27. The highest BCUT2D eigenvalue weighted by Crippen LogP contribution is 2.26. The molecule has 0 unspecified atom stereocenters. The van der Waals surface area contributed by atoms with Gasteiger partial charge in [0.2, 0.25) is 0 Å². The number of aromatic nitrogens is 1. The van der Waals surface area contributed by atoms with Crippen LogP contribution in [-0.4, -0.2) is 10.8 Å². The molecular formula is C16H19N3O. The number of nitrogens with zero attached hydrogens (tertiary/aromatic N) is 1. The van der Waals surface area contributed by atoms with Gasteiger partial charge in [-0.2, -0.15) is 0 Å². The average Bonchev–Trinajstić information content (AvgIpc) is 2.45. The van der Waals surface area contributed by atoms with Gasteiger partial charge in [-0.3, -0.25) is 10.4 Å². The van der Waals surface area contributed by atoms with Crippen molar-refractivity contribution in [3.63, 3.8) is 0 Å². The number of rotatable bonds is 5. The van der Waals surface area contributed by atoms with Crippen LogP contribution in [0.5, 0.6) is 5.75 Å². The lowest BCUT2D eigenvalue weighted by atomic mass is 10.0. The van der Waals surface area contributed by atoms with Gasteiger partial charge in [-0.1, -0.05) is 32.0 Å². The van der Waals surface area contributed by atoms with E-state index in [-0.39, 0.29) is 5.84 Å². The summed E-state index contributed by atoms with van der Waals surface area (Å²) in [5.41, 5.74) is 8.05. The molecule has 1 aromatic carbocycles. The lowest BCUT2D eigenvalue weighted by Crippen LogP contribution is -2.13. The summed E-state index contributed by atoms with van der Waals surface area (Å²) in [5, 5.41) is 7.39. The maximum Gasteiger partial charge on any atom is 0.141 e. The third kappa shape index (κ3) is 3.35. The van der Waals surface area contributed by atoms with E-state index in [2.05, 4.69) is 24.9 Å². The molecule has 0 aliphatic heterocycles. The Morgan fingerprint density at radius 3 is 2.75 bits per heavy atom. The maximum atomic E-state index is 7.39. The zero-order chi connectivity index (χ0) is 14.5. The van der Waals surface area contributed by atoms with Crippen molar-refractivity contribution < 1.29 is 4.74 Å². The molecule has 0 aliphatic carbocycles. The van der Waals surface area contributed by atoms with E-state index in [4.69, 9.17) is 15.9 Å². The summed E-state index contributed by atoms with van der Waals surface area (Å²) >= 11 is 0. The number of nitrogen functional groups attached to an aromatic ring is 1. The SMILES string of the molecule is CC(C)c1ccccc1OCc1ccnc(C(=N)N)c1. The van der Waals surface area contributed by atoms with Crippen molar-refractivity contribution in [2.45, 2.75) is 26.4 Å². The summed E-state index contributed by atoms with van der Waals surface area (Å²) < 4.78 is 5.88. The van der Waals surface area contributed by atoms with Crippen molar-refractivity contribution in [3.8, 4) is 5.75 Å². The second kappa shape index (κ2) is 6.19. The first-order valence-corrected chi connectivity index (χ1v) is 6.59. The molecule has 3 N–H and O–H groups in total. The molecule has 0 bridgehead atoms. The van der Waals surface area contributed by atoms with Gasteiger partial charge in [-0.05, 0) is 35.2 Å². The van der Waals surface area contributed by atoms with Gasteiger partial charge in [0, 0.05) is 6.20 Å². The molecule has 4 heteroatoms. The van der Waals surface area contributed by atoms with Crippen molar-refractivity contribution in [1.82, 2.24) is 4.98 Å². The number of nitrogens with two attached hydrogens (primary N) is 1. The third-order valence-corrected chi connectivity index (χ3v) is 3.04. The molecule has 104 valence electrons. The molecule has 0 amide bonds. The van der Waals surface area contributed by atoms with Crippen molar-refractivity contribution in [2.24, 2.45) is 5.73 Å². The van der Waals surface area contributed by atoms with Crippen LogP contribution >= 0.6 is 0 Å². The molecule has 0 spiro atoms. The zero-order valence-corrected chi connectivity index (χ0v) is 11.8. The van der Waals surface area contributed by atoms with Gasteiger partial charge in [-0.25, -0.2) is 0 Å². The Bertz CT molecular complexity index is 608. The molecule has 0 fully saturated rings. The van der Waals surface area contributed by atoms with Gasteiger partial charge >= 0.3 is 0 Å². The summed E-state index contributed by atoms with van der Waals surface area (Å²) in [7, 11) is 0. The maximum absolute atomic E-state index is 7.39. The van der Waals surface area contributed by atoms with Crippen molar-refractivity contribution in [1.29, 1.82) is 5.41 Å². The normalized spacial score (nSPS) is 10.6. The number of benzene rings is 1. The van der Waals surface area contributed by atoms with E-state index in [9.17, 15) is 0 Å². The van der Waals surface area contributed by atoms with E-state index in [0.717, 1.165) is 11.3 Å². The van der Waals surface area contributed by atoms with Gasteiger partial charge < -0.3 is 10.5 Å². The number of para-hydroxylation sites is 1. The standard InChI is InChI=1S/C16H19N3O/c1-11(2)13-5-3-4-6-15(13)20-10-12-7-8-19-14(9-12)16(17)18/h3-9,11H,10H2,1-2H3,(H3,17,18). The minimum atomic E-state index is -0.0329. The molecule has 0 saturated carbocycles. The molecule has 0 atom stereocenters. The Hall–Kier alpha value is -2.36. The van der Waals surface area contributed by atoms with Gasteiger partial charge in [0.15, 0.2) is 0 Å². The minimum absolute atomic E-state index is 0.0329. The Morgan fingerprint density at radius 1 is 1.30 bits per heavy atom. The predicted octanol–water partition coefficient (Wildman–Crippen LogP) is 3.07. The highest BCUT2D eigenvalue weighted by molar-refractivity contribution is 5.93. The molecule has 0 radical (unpaired) electrons. The highest BCUT2D eigenvalue weighted by Gasteiger charge is 2.07. The molecule has 2 rings (SSSR count). The van der Waals surface area contributed by atoms with E-state index in [1.807, 2.05) is 24.3 Å². The first kappa shape index (κ1) is 14.1. The van der Waals surface area contributed by atoms with E-state index in [1.165, 1.54) is 5.56 Å². The van der Waals surface area contributed by atoms with Crippen LogP contribution in [0.3, 0.4) is 0 Å². The predicted molar refractivity (Wildman–Crippen MR) is 80.1 cm³/mol. The highest BCUT2D eigenvalue weighted by atomic mass is 16.5. The van der Waals surface area contributed by atoms with E-state index < -0.39 is 0 Å². The number of hydrogen-bond donors (Lipinski definition) is 2. The first-order valence-electron chi connectivity index (χ1n) is 6.59. The van der Waals surface area contributed by atoms with Crippen molar-refractivity contribution in [3.05, 3.63) is 59.4 Å². The van der Waals surface area contributed by atoms with Crippen LogP contribution in [0.1, 0.15) is 36.6 Å². The lowest BCUT2D eigenvalue weighted by molar-refractivity contribution is 0.301. The second-order valence-electron chi connectivity index (χ2n) is 4.94. The van der Waals surface area contributed by atoms with E-state index in [0.29, 0.717) is 18.2 Å². The topological polar surface area (TPSA) is 72.0 Å². The molecule has 2 aromatic rings. The Morgan fingerprint density at radius 2 is 2.05 bits per heavy atom. The fraction of sp³-hybridized carbons (Fsp3) is 0.250. The molecular weight excluding hydrogens is 250 g/mol. The quantitative estimate of drug-likeness (QED) is 0.647. The van der Waals surface area contributed by atoms with Crippen LogP contribution in [0.25, 0.3) is 0 Å². The molecule has 20 heavy (non-hydrogen) atoms. The van der Waals surface area contributed by atoms with Gasteiger partial charge in [0.1, 0.15) is 23.9 Å². The smallest absolute Gasteiger partial charge is 0.141 e. The summed E-state index contributed by atoms with van der Waals surface area (Å²) in [6.07, 6.45) is 1.64. The molecule has 1 aromatic heterocycles. The third-order valence-electron chi connectivity index (χ3n) is 3.04. The van der Waals surface area contributed by atoms with Crippen LogP contribution in [0.4, 0.5) is 0 Å². The fourth-order valence-electron chi connectivity index (χ4n) is 1.96. The van der Waals surface area contributed by atoms with E-state index in [1.54, 1.807) is 12.3 Å². The first-order chi connectivity index (χ1) is 9.58. The van der Waals surface area contributed by atoms with Crippen LogP contribution in [0.15, 0.2) is 42.6 Å². The monoisotopic (exact) mass is 269 g/mol. The summed E-state index contributed by atoms with van der Waals surface area (Å²) in [4.78, 5) is 4.03.